The Morgan fingerprint density at radius 3 is 2.50 bits per heavy atom. The first kappa shape index (κ1) is 10.5. The monoisotopic (exact) mass is 190 g/mol. The maximum atomic E-state index is 10.5. The summed E-state index contributed by atoms with van der Waals surface area (Å²) >= 11 is 0. The van der Waals surface area contributed by atoms with Crippen LogP contribution in [0.2, 0.25) is 0 Å². The van der Waals surface area contributed by atoms with Crippen LogP contribution in [0.25, 0.3) is 5.57 Å². The molecule has 1 aromatic carbocycles. The van der Waals surface area contributed by atoms with Gasteiger partial charge in [0.2, 0.25) is 0 Å². The number of hydrogen-bond donors (Lipinski definition) is 1. The van der Waals surface area contributed by atoms with Crippen LogP contribution in [0.1, 0.15) is 23.1 Å². The number of aliphatic carboxylic acids is 1. The minimum atomic E-state index is -0.840. The molecule has 0 bridgehead atoms. The largest absolute Gasteiger partial charge is 0.481 e. The third-order valence-corrected chi connectivity index (χ3v) is 2.28. The minimum Gasteiger partial charge on any atom is -0.481 e. The molecule has 0 aliphatic heterocycles. The Morgan fingerprint density at radius 2 is 2.00 bits per heavy atom. The van der Waals surface area contributed by atoms with Crippen LogP contribution >= 0.6 is 0 Å². The topological polar surface area (TPSA) is 37.3 Å². The fourth-order valence-corrected chi connectivity index (χ4v) is 1.25. The molecule has 0 aliphatic rings. The van der Waals surface area contributed by atoms with Crippen LogP contribution < -0.4 is 0 Å². The highest BCUT2D eigenvalue weighted by atomic mass is 16.4. The van der Waals surface area contributed by atoms with Gasteiger partial charge in [-0.25, -0.2) is 0 Å². The molecule has 0 amide bonds. The smallest absolute Gasteiger partial charge is 0.307 e. The van der Waals surface area contributed by atoms with Crippen molar-refractivity contribution in [3.8, 4) is 0 Å². The third-order valence-electron chi connectivity index (χ3n) is 2.28. The van der Waals surface area contributed by atoms with Crippen molar-refractivity contribution in [3.63, 3.8) is 0 Å². The van der Waals surface area contributed by atoms with E-state index in [9.17, 15) is 4.79 Å². The number of aryl methyl sites for hydroxylation is 2. The molecule has 0 aromatic heterocycles. The van der Waals surface area contributed by atoms with Gasteiger partial charge < -0.3 is 5.11 Å². The van der Waals surface area contributed by atoms with Crippen LogP contribution in [-0.2, 0) is 4.79 Å². The predicted molar refractivity (Wildman–Crippen MR) is 57.2 cm³/mol. The first-order valence-electron chi connectivity index (χ1n) is 4.48. The molecule has 0 aliphatic carbocycles. The highest BCUT2D eigenvalue weighted by Crippen LogP contribution is 2.19. The Labute approximate surface area is 83.9 Å². The van der Waals surface area contributed by atoms with E-state index in [1.54, 1.807) is 0 Å². The van der Waals surface area contributed by atoms with Gasteiger partial charge in [0.05, 0.1) is 6.42 Å². The van der Waals surface area contributed by atoms with Gasteiger partial charge in [0.15, 0.2) is 0 Å². The lowest BCUT2D eigenvalue weighted by Crippen LogP contribution is -1.96. The van der Waals surface area contributed by atoms with E-state index in [-0.39, 0.29) is 6.42 Å². The predicted octanol–water partition coefficient (Wildman–Crippen LogP) is 2.79. The first-order chi connectivity index (χ1) is 6.50. The lowest BCUT2D eigenvalue weighted by Gasteiger charge is -2.06. The van der Waals surface area contributed by atoms with Crippen LogP contribution in [0.3, 0.4) is 0 Å². The van der Waals surface area contributed by atoms with Crippen molar-refractivity contribution >= 4 is 11.5 Å². The summed E-state index contributed by atoms with van der Waals surface area (Å²) < 4.78 is 0. The van der Waals surface area contributed by atoms with Crippen LogP contribution in [0.4, 0.5) is 0 Å². The van der Waals surface area contributed by atoms with Gasteiger partial charge in [-0.15, -0.1) is 0 Å². The molecule has 0 radical (unpaired) electrons. The number of carboxylic acids is 1. The summed E-state index contributed by atoms with van der Waals surface area (Å²) in [4.78, 5) is 10.5. The van der Waals surface area contributed by atoms with Crippen LogP contribution in [0.15, 0.2) is 24.8 Å². The number of carboxylic acid groups (broad SMARTS) is 1. The summed E-state index contributed by atoms with van der Waals surface area (Å²) in [7, 11) is 0. The van der Waals surface area contributed by atoms with Gasteiger partial charge in [-0.2, -0.15) is 0 Å². The second-order valence-electron chi connectivity index (χ2n) is 3.47. The quantitative estimate of drug-likeness (QED) is 0.795. The Bertz CT molecular complexity index is 378. The van der Waals surface area contributed by atoms with Crippen molar-refractivity contribution in [2.45, 2.75) is 20.3 Å². The van der Waals surface area contributed by atoms with Gasteiger partial charge in [-0.05, 0) is 36.1 Å². The average molecular weight is 190 g/mol. The van der Waals surface area contributed by atoms with Crippen LogP contribution in [0.5, 0.6) is 0 Å². The number of carbonyl (C=O) groups is 1. The van der Waals surface area contributed by atoms with E-state index in [1.807, 2.05) is 32.0 Å². The highest BCUT2D eigenvalue weighted by molar-refractivity contribution is 5.83. The van der Waals surface area contributed by atoms with Crippen molar-refractivity contribution in [1.82, 2.24) is 0 Å². The van der Waals surface area contributed by atoms with Crippen molar-refractivity contribution < 1.29 is 9.90 Å². The normalized spacial score (nSPS) is 9.86. The molecule has 0 unspecified atom stereocenters. The SMILES string of the molecule is C=C(CC(=O)O)c1ccc(C)c(C)c1. The molecule has 1 aromatic rings. The molecule has 0 heterocycles. The lowest BCUT2D eigenvalue weighted by atomic mass is 10.00. The van der Waals surface area contributed by atoms with Gasteiger partial charge >= 0.3 is 5.97 Å². The van der Waals surface area contributed by atoms with E-state index in [2.05, 4.69) is 6.58 Å². The summed E-state index contributed by atoms with van der Waals surface area (Å²) in [6, 6.07) is 5.87. The maximum Gasteiger partial charge on any atom is 0.307 e. The molecule has 1 rings (SSSR count). The molecular weight excluding hydrogens is 176 g/mol. The molecule has 0 saturated heterocycles. The summed E-state index contributed by atoms with van der Waals surface area (Å²) in [6.45, 7) is 7.79. The molecule has 2 nitrogen and oxygen atoms in total. The average Bonchev–Trinajstić information content (AvgIpc) is 2.08. The van der Waals surface area contributed by atoms with Crippen molar-refractivity contribution in [1.29, 1.82) is 0 Å². The zero-order valence-corrected chi connectivity index (χ0v) is 8.50. The van der Waals surface area contributed by atoms with Gasteiger partial charge in [0.1, 0.15) is 0 Å². The van der Waals surface area contributed by atoms with E-state index in [4.69, 9.17) is 5.11 Å². The van der Waals surface area contributed by atoms with Crippen molar-refractivity contribution in [2.24, 2.45) is 0 Å². The van der Waals surface area contributed by atoms with E-state index >= 15 is 0 Å². The molecule has 2 heteroatoms. The van der Waals surface area contributed by atoms with E-state index < -0.39 is 5.97 Å². The zero-order chi connectivity index (χ0) is 10.7. The molecule has 0 saturated carbocycles. The fraction of sp³-hybridized carbons (Fsp3) is 0.250. The lowest BCUT2D eigenvalue weighted by molar-refractivity contribution is -0.135. The Hall–Kier alpha value is -1.57. The number of hydrogen-bond acceptors (Lipinski definition) is 1. The Morgan fingerprint density at radius 1 is 1.36 bits per heavy atom. The molecule has 1 N–H and O–H groups in total. The summed E-state index contributed by atoms with van der Waals surface area (Å²) in [5, 5.41) is 8.61. The Kier molecular flexibility index (Phi) is 3.07. The number of benzene rings is 1. The second kappa shape index (κ2) is 4.09. The molecule has 74 valence electrons. The summed E-state index contributed by atoms with van der Waals surface area (Å²) in [6.07, 6.45) is 0.00248. The van der Waals surface area contributed by atoms with E-state index in [1.165, 1.54) is 5.56 Å². The molecular formula is C12H14O2. The van der Waals surface area contributed by atoms with Gasteiger partial charge in [-0.3, -0.25) is 4.79 Å². The van der Waals surface area contributed by atoms with Crippen LogP contribution in [-0.4, -0.2) is 11.1 Å². The standard InChI is InChI=1S/C12H14O2/c1-8-4-5-11(6-9(8)2)10(3)7-12(13)14/h4-6H,3,7H2,1-2H3,(H,13,14). The fourth-order valence-electron chi connectivity index (χ4n) is 1.25. The van der Waals surface area contributed by atoms with Gasteiger partial charge in [-0.1, -0.05) is 24.8 Å². The van der Waals surface area contributed by atoms with E-state index in [0.717, 1.165) is 11.1 Å². The molecule has 14 heavy (non-hydrogen) atoms. The summed E-state index contributed by atoms with van der Waals surface area (Å²) in [5.74, 6) is -0.840. The van der Waals surface area contributed by atoms with Crippen molar-refractivity contribution in [3.05, 3.63) is 41.5 Å². The van der Waals surface area contributed by atoms with E-state index in [0.29, 0.717) is 5.57 Å². The van der Waals surface area contributed by atoms with Gasteiger partial charge in [0.25, 0.3) is 0 Å². The molecule has 0 spiro atoms. The van der Waals surface area contributed by atoms with Gasteiger partial charge in [0, 0.05) is 0 Å². The third kappa shape index (κ3) is 2.46. The number of rotatable bonds is 3. The highest BCUT2D eigenvalue weighted by Gasteiger charge is 2.04. The summed E-state index contributed by atoms with van der Waals surface area (Å²) in [5.41, 5.74) is 3.93. The Balaban J connectivity index is 2.91. The second-order valence-corrected chi connectivity index (χ2v) is 3.47. The molecule has 0 fully saturated rings. The minimum absolute atomic E-state index is 0.00248. The zero-order valence-electron chi connectivity index (χ0n) is 8.50. The van der Waals surface area contributed by atoms with Crippen molar-refractivity contribution in [2.75, 3.05) is 0 Å². The first-order valence-corrected chi connectivity index (χ1v) is 4.48. The maximum absolute atomic E-state index is 10.5. The van der Waals surface area contributed by atoms with Crippen LogP contribution in [0, 0.1) is 13.8 Å². The molecule has 0 atom stereocenters.